The minimum absolute atomic E-state index is 0.0613. The molecule has 2 rings (SSSR count). The van der Waals surface area contributed by atoms with Crippen molar-refractivity contribution in [3.8, 4) is 11.5 Å². The van der Waals surface area contributed by atoms with Crippen LogP contribution in [0.3, 0.4) is 0 Å². The third kappa shape index (κ3) is 3.58. The number of benzene rings is 2. The number of halogens is 2. The van der Waals surface area contributed by atoms with Crippen molar-refractivity contribution in [1.82, 2.24) is 0 Å². The summed E-state index contributed by atoms with van der Waals surface area (Å²) in [7, 11) is 3.21. The fourth-order valence-electron chi connectivity index (χ4n) is 2.09. The topological polar surface area (TPSA) is 30.5 Å². The van der Waals surface area contributed by atoms with Gasteiger partial charge in [0.1, 0.15) is 17.3 Å². The van der Waals surface area contributed by atoms with E-state index in [-0.39, 0.29) is 11.9 Å². The van der Waals surface area contributed by atoms with Gasteiger partial charge in [0, 0.05) is 11.6 Å². The van der Waals surface area contributed by atoms with Crippen molar-refractivity contribution in [1.29, 1.82) is 0 Å². The molecule has 0 fully saturated rings. The van der Waals surface area contributed by atoms with Crippen molar-refractivity contribution in [3.05, 3.63) is 52.8 Å². The summed E-state index contributed by atoms with van der Waals surface area (Å²) in [5, 5.41) is 3.59. The van der Waals surface area contributed by atoms with Gasteiger partial charge in [-0.1, -0.05) is 11.6 Å². The van der Waals surface area contributed by atoms with Gasteiger partial charge in [-0.05, 0) is 37.3 Å². The molecule has 0 bridgehead atoms. The van der Waals surface area contributed by atoms with Gasteiger partial charge in [0.15, 0.2) is 0 Å². The molecule has 2 aromatic rings. The van der Waals surface area contributed by atoms with E-state index < -0.39 is 0 Å². The Labute approximate surface area is 128 Å². The van der Waals surface area contributed by atoms with E-state index in [1.165, 1.54) is 12.1 Å². The molecule has 21 heavy (non-hydrogen) atoms. The summed E-state index contributed by atoms with van der Waals surface area (Å²) in [5.41, 5.74) is 1.63. The zero-order valence-corrected chi connectivity index (χ0v) is 12.9. The molecule has 0 saturated carbocycles. The maximum atomic E-state index is 13.1. The zero-order valence-electron chi connectivity index (χ0n) is 12.1. The molecule has 2 aromatic carbocycles. The second-order valence-corrected chi connectivity index (χ2v) is 5.01. The van der Waals surface area contributed by atoms with E-state index in [0.29, 0.717) is 16.5 Å². The standard InChI is InChI=1S/C16H17ClFNO2/c1-10(19-15-7-4-11(18)8-14(15)17)13-6-5-12(20-2)9-16(13)21-3/h4-10,19H,1-3H3. The molecule has 0 aliphatic carbocycles. The zero-order chi connectivity index (χ0) is 15.4. The Morgan fingerprint density at radius 1 is 1.10 bits per heavy atom. The molecular weight excluding hydrogens is 293 g/mol. The van der Waals surface area contributed by atoms with Crippen molar-refractivity contribution in [2.45, 2.75) is 13.0 Å². The average Bonchev–Trinajstić information content (AvgIpc) is 2.49. The van der Waals surface area contributed by atoms with E-state index in [2.05, 4.69) is 5.32 Å². The number of anilines is 1. The first-order chi connectivity index (χ1) is 10.0. The van der Waals surface area contributed by atoms with Crippen LogP contribution < -0.4 is 14.8 Å². The van der Waals surface area contributed by atoms with E-state index in [9.17, 15) is 4.39 Å². The minimum atomic E-state index is -0.361. The number of rotatable bonds is 5. The van der Waals surface area contributed by atoms with Crippen LogP contribution in [0.5, 0.6) is 11.5 Å². The molecular formula is C16H17ClFNO2. The smallest absolute Gasteiger partial charge is 0.127 e. The van der Waals surface area contributed by atoms with E-state index in [1.807, 2.05) is 25.1 Å². The average molecular weight is 310 g/mol. The molecule has 0 radical (unpaired) electrons. The van der Waals surface area contributed by atoms with Gasteiger partial charge in [0.25, 0.3) is 0 Å². The Morgan fingerprint density at radius 2 is 1.86 bits per heavy atom. The summed E-state index contributed by atoms with van der Waals surface area (Å²) in [6.07, 6.45) is 0. The summed E-state index contributed by atoms with van der Waals surface area (Å²) in [6.45, 7) is 1.98. The third-order valence-corrected chi connectivity index (χ3v) is 3.52. The van der Waals surface area contributed by atoms with E-state index in [1.54, 1.807) is 20.3 Å². The second-order valence-electron chi connectivity index (χ2n) is 4.60. The Morgan fingerprint density at radius 3 is 2.48 bits per heavy atom. The summed E-state index contributed by atoms with van der Waals surface area (Å²) in [5.74, 6) is 1.08. The van der Waals surface area contributed by atoms with Crippen molar-refractivity contribution in [2.24, 2.45) is 0 Å². The summed E-state index contributed by atoms with van der Waals surface area (Å²) in [4.78, 5) is 0. The first-order valence-electron chi connectivity index (χ1n) is 6.48. The first kappa shape index (κ1) is 15.4. The van der Waals surface area contributed by atoms with Crippen LogP contribution >= 0.6 is 11.6 Å². The Bertz CT molecular complexity index is 634. The van der Waals surface area contributed by atoms with E-state index in [0.717, 1.165) is 11.3 Å². The molecule has 0 heterocycles. The monoisotopic (exact) mass is 309 g/mol. The van der Waals surface area contributed by atoms with Crippen LogP contribution in [0.15, 0.2) is 36.4 Å². The molecule has 0 spiro atoms. The van der Waals surface area contributed by atoms with Crippen LogP contribution in [0.1, 0.15) is 18.5 Å². The summed E-state index contributed by atoms with van der Waals surface area (Å²) in [6, 6.07) is 9.81. The van der Waals surface area contributed by atoms with Crippen LogP contribution in [0.25, 0.3) is 0 Å². The van der Waals surface area contributed by atoms with Gasteiger partial charge >= 0.3 is 0 Å². The molecule has 0 aromatic heterocycles. The summed E-state index contributed by atoms with van der Waals surface area (Å²) < 4.78 is 23.6. The fraction of sp³-hybridized carbons (Fsp3) is 0.250. The van der Waals surface area contributed by atoms with Crippen LogP contribution in [-0.2, 0) is 0 Å². The third-order valence-electron chi connectivity index (χ3n) is 3.21. The predicted molar refractivity (Wildman–Crippen MR) is 83.0 cm³/mol. The van der Waals surface area contributed by atoms with Gasteiger partial charge in [-0.3, -0.25) is 0 Å². The molecule has 0 aliphatic rings. The predicted octanol–water partition coefficient (Wildman–Crippen LogP) is 4.67. The molecule has 3 nitrogen and oxygen atoms in total. The van der Waals surface area contributed by atoms with Gasteiger partial charge in [0.05, 0.1) is 31.0 Å². The highest BCUT2D eigenvalue weighted by atomic mass is 35.5. The van der Waals surface area contributed by atoms with Crippen molar-refractivity contribution < 1.29 is 13.9 Å². The highest BCUT2D eigenvalue weighted by Crippen LogP contribution is 2.33. The van der Waals surface area contributed by atoms with E-state index >= 15 is 0 Å². The van der Waals surface area contributed by atoms with Gasteiger partial charge in [-0.15, -0.1) is 0 Å². The Balaban J connectivity index is 2.25. The first-order valence-corrected chi connectivity index (χ1v) is 6.86. The number of ether oxygens (including phenoxy) is 2. The normalized spacial score (nSPS) is 11.9. The Hall–Kier alpha value is -1.94. The number of methoxy groups -OCH3 is 2. The van der Waals surface area contributed by atoms with Crippen LogP contribution in [0.4, 0.5) is 10.1 Å². The lowest BCUT2D eigenvalue weighted by Crippen LogP contribution is -2.08. The quantitative estimate of drug-likeness (QED) is 0.870. The molecule has 0 aliphatic heterocycles. The number of nitrogens with one attached hydrogen (secondary N) is 1. The highest BCUT2D eigenvalue weighted by Gasteiger charge is 2.14. The fourth-order valence-corrected chi connectivity index (χ4v) is 2.32. The maximum Gasteiger partial charge on any atom is 0.127 e. The molecule has 5 heteroatoms. The van der Waals surface area contributed by atoms with Crippen molar-refractivity contribution >= 4 is 17.3 Å². The van der Waals surface area contributed by atoms with Crippen LogP contribution in [0.2, 0.25) is 5.02 Å². The molecule has 112 valence electrons. The Kier molecular flexibility index (Phi) is 4.91. The number of hydrogen-bond donors (Lipinski definition) is 1. The van der Waals surface area contributed by atoms with Gasteiger partial charge in [-0.25, -0.2) is 4.39 Å². The maximum absolute atomic E-state index is 13.1. The molecule has 1 atom stereocenters. The largest absolute Gasteiger partial charge is 0.497 e. The van der Waals surface area contributed by atoms with Crippen molar-refractivity contribution in [3.63, 3.8) is 0 Å². The number of hydrogen-bond acceptors (Lipinski definition) is 3. The van der Waals surface area contributed by atoms with Gasteiger partial charge in [-0.2, -0.15) is 0 Å². The minimum Gasteiger partial charge on any atom is -0.497 e. The second kappa shape index (κ2) is 6.68. The molecule has 1 unspecified atom stereocenters. The lowest BCUT2D eigenvalue weighted by atomic mass is 10.1. The highest BCUT2D eigenvalue weighted by molar-refractivity contribution is 6.33. The SMILES string of the molecule is COc1ccc(C(C)Nc2ccc(F)cc2Cl)c(OC)c1. The van der Waals surface area contributed by atoms with Crippen LogP contribution in [0, 0.1) is 5.82 Å². The van der Waals surface area contributed by atoms with Crippen molar-refractivity contribution in [2.75, 3.05) is 19.5 Å². The molecule has 1 N–H and O–H groups in total. The van der Waals surface area contributed by atoms with Gasteiger partial charge < -0.3 is 14.8 Å². The molecule has 0 amide bonds. The summed E-state index contributed by atoms with van der Waals surface area (Å²) >= 11 is 6.03. The lowest BCUT2D eigenvalue weighted by molar-refractivity contribution is 0.390. The van der Waals surface area contributed by atoms with E-state index in [4.69, 9.17) is 21.1 Å². The molecule has 0 saturated heterocycles. The van der Waals surface area contributed by atoms with Crippen LogP contribution in [-0.4, -0.2) is 14.2 Å². The van der Waals surface area contributed by atoms with Gasteiger partial charge in [0.2, 0.25) is 0 Å². The lowest BCUT2D eigenvalue weighted by Gasteiger charge is -2.19.